The van der Waals surface area contributed by atoms with Gasteiger partial charge in [0.1, 0.15) is 25.3 Å². The van der Waals surface area contributed by atoms with Crippen LogP contribution in [0.5, 0.6) is 0 Å². The molecular formula is C24H36F6N4O5. The molecule has 0 aromatic rings. The number of hydrogen-bond acceptors (Lipinski definition) is 7. The number of ether oxygens (including phenoxy) is 2. The van der Waals surface area contributed by atoms with Crippen LogP contribution in [0.15, 0.2) is 0 Å². The highest BCUT2D eigenvalue weighted by Crippen LogP contribution is 2.47. The molecule has 5 N–H and O–H groups in total. The molecule has 15 heteroatoms. The molecule has 9 nitrogen and oxygen atoms in total. The van der Waals surface area contributed by atoms with E-state index in [0.717, 1.165) is 0 Å². The molecule has 5 fully saturated rings. The van der Waals surface area contributed by atoms with E-state index in [9.17, 15) is 41.0 Å². The van der Waals surface area contributed by atoms with Crippen molar-refractivity contribution in [2.75, 3.05) is 26.3 Å². The van der Waals surface area contributed by atoms with Crippen LogP contribution in [0.2, 0.25) is 0 Å². The van der Waals surface area contributed by atoms with E-state index in [2.05, 4.69) is 21.3 Å². The molecule has 224 valence electrons. The van der Waals surface area contributed by atoms with Gasteiger partial charge in [-0.15, -0.1) is 0 Å². The SMILES string of the molecule is O=C(COC1CCC(C(F)(F)F)NC1)NC12CCC(NC(=O)COC3CCC(C(F)(F)F)NC3)(CC1)[C@@H](O)C2. The molecule has 2 bridgehead atoms. The van der Waals surface area contributed by atoms with Crippen LogP contribution in [0.3, 0.4) is 0 Å². The number of aliphatic hydroxyl groups excluding tert-OH is 1. The smallest absolute Gasteiger partial charge is 0.391 e. The highest BCUT2D eigenvalue weighted by atomic mass is 19.4. The monoisotopic (exact) mass is 574 g/mol. The second kappa shape index (κ2) is 11.7. The van der Waals surface area contributed by atoms with Gasteiger partial charge < -0.3 is 35.8 Å². The van der Waals surface area contributed by atoms with Crippen molar-refractivity contribution < 1.29 is 50.5 Å². The van der Waals surface area contributed by atoms with Crippen molar-refractivity contribution in [3.05, 3.63) is 0 Å². The van der Waals surface area contributed by atoms with Crippen molar-refractivity contribution in [2.45, 2.75) is 112 Å². The molecule has 5 atom stereocenters. The maximum Gasteiger partial charge on any atom is 0.403 e. The summed E-state index contributed by atoms with van der Waals surface area (Å²) in [6, 6.07) is -3.15. The average Bonchev–Trinajstić information content (AvgIpc) is 2.87. The zero-order chi connectivity index (χ0) is 28.5. The molecule has 0 aromatic carbocycles. The van der Waals surface area contributed by atoms with E-state index in [1.165, 1.54) is 0 Å². The van der Waals surface area contributed by atoms with Gasteiger partial charge >= 0.3 is 12.4 Å². The Bertz CT molecular complexity index is 864. The first-order valence-corrected chi connectivity index (χ1v) is 13.3. The summed E-state index contributed by atoms with van der Waals surface area (Å²) in [5.74, 6) is -0.881. The molecule has 2 saturated heterocycles. The molecular weight excluding hydrogens is 538 g/mol. The summed E-state index contributed by atoms with van der Waals surface area (Å²) in [4.78, 5) is 25.1. The Hall–Kier alpha value is -1.68. The molecule has 5 rings (SSSR count). The van der Waals surface area contributed by atoms with Crippen molar-refractivity contribution in [1.82, 2.24) is 21.3 Å². The normalized spacial score (nSPS) is 37.4. The lowest BCUT2D eigenvalue weighted by atomic mass is 9.60. The van der Waals surface area contributed by atoms with Gasteiger partial charge in [0.25, 0.3) is 0 Å². The molecule has 0 spiro atoms. The van der Waals surface area contributed by atoms with Crippen LogP contribution in [-0.2, 0) is 19.1 Å². The second-order valence-corrected chi connectivity index (χ2v) is 11.3. The van der Waals surface area contributed by atoms with E-state index in [1.807, 2.05) is 0 Å². The van der Waals surface area contributed by atoms with Crippen LogP contribution in [0, 0.1) is 0 Å². The number of aliphatic hydroxyl groups is 1. The van der Waals surface area contributed by atoms with E-state index >= 15 is 0 Å². The maximum absolute atomic E-state index is 12.8. The zero-order valence-corrected chi connectivity index (χ0v) is 21.4. The Labute approximate surface area is 222 Å². The molecule has 4 unspecified atom stereocenters. The summed E-state index contributed by atoms with van der Waals surface area (Å²) >= 11 is 0. The Morgan fingerprint density at radius 3 is 1.62 bits per heavy atom. The predicted octanol–water partition coefficient (Wildman–Crippen LogP) is 1.43. The van der Waals surface area contributed by atoms with Crippen molar-refractivity contribution in [2.24, 2.45) is 0 Å². The number of fused-ring (bicyclic) bond motifs is 3. The Kier molecular flexibility index (Phi) is 9.06. The standard InChI is InChI=1S/C24H36F6N4O5/c25-23(26,27)16-3-1-14(10-31-16)38-12-19(36)33-21-5-7-22(8-6-21,18(35)9-21)34-20(37)13-39-15-2-4-17(32-11-15)24(28,29)30/h14-18,31-32,35H,1-13H2,(H,33,36)(H,34,37)/t14?,15?,16?,17?,18-,21?,22?/m0/s1. The summed E-state index contributed by atoms with van der Waals surface area (Å²) in [5, 5.41) is 21.4. The Morgan fingerprint density at radius 1 is 0.769 bits per heavy atom. The highest BCUT2D eigenvalue weighted by Gasteiger charge is 2.55. The summed E-state index contributed by atoms with van der Waals surface area (Å²) < 4.78 is 87.6. The van der Waals surface area contributed by atoms with Gasteiger partial charge in [-0.3, -0.25) is 9.59 Å². The number of rotatable bonds is 8. The molecule has 39 heavy (non-hydrogen) atoms. The molecule has 5 aliphatic rings. The number of nitrogens with one attached hydrogen (secondary N) is 4. The van der Waals surface area contributed by atoms with Crippen LogP contribution < -0.4 is 21.3 Å². The molecule has 3 saturated carbocycles. The summed E-state index contributed by atoms with van der Waals surface area (Å²) in [6.45, 7) is -0.655. The number of carbonyl (C=O) groups is 2. The summed E-state index contributed by atoms with van der Waals surface area (Å²) in [6.07, 6.45) is -8.46. The van der Waals surface area contributed by atoms with Gasteiger partial charge in [0.05, 0.1) is 23.9 Å². The van der Waals surface area contributed by atoms with Crippen molar-refractivity contribution in [3.63, 3.8) is 0 Å². The minimum absolute atomic E-state index is 0.00141. The van der Waals surface area contributed by atoms with Gasteiger partial charge in [0, 0.05) is 18.6 Å². The van der Waals surface area contributed by atoms with E-state index in [-0.39, 0.29) is 58.4 Å². The lowest BCUT2D eigenvalue weighted by molar-refractivity contribution is -0.167. The molecule has 0 radical (unpaired) electrons. The van der Waals surface area contributed by atoms with Crippen molar-refractivity contribution in [3.8, 4) is 0 Å². The fourth-order valence-electron chi connectivity index (χ4n) is 6.20. The zero-order valence-electron chi connectivity index (χ0n) is 21.4. The summed E-state index contributed by atoms with van der Waals surface area (Å²) in [7, 11) is 0. The van der Waals surface area contributed by atoms with Gasteiger partial charge in [0.2, 0.25) is 11.8 Å². The number of halogens is 6. The minimum atomic E-state index is -4.32. The summed E-state index contributed by atoms with van der Waals surface area (Å²) in [5.41, 5.74) is -1.55. The average molecular weight is 575 g/mol. The first-order valence-electron chi connectivity index (χ1n) is 13.3. The first-order chi connectivity index (χ1) is 18.2. The van der Waals surface area contributed by atoms with Gasteiger partial charge in [-0.2, -0.15) is 26.3 Å². The van der Waals surface area contributed by atoms with E-state index in [4.69, 9.17) is 9.47 Å². The van der Waals surface area contributed by atoms with Gasteiger partial charge in [0.15, 0.2) is 0 Å². The van der Waals surface area contributed by atoms with Crippen molar-refractivity contribution in [1.29, 1.82) is 0 Å². The van der Waals surface area contributed by atoms with E-state index in [0.29, 0.717) is 25.7 Å². The third-order valence-electron chi connectivity index (χ3n) is 8.54. The lowest BCUT2D eigenvalue weighted by Gasteiger charge is -2.56. The number of piperidine rings is 2. The Morgan fingerprint density at radius 2 is 1.23 bits per heavy atom. The molecule has 2 heterocycles. The van der Waals surface area contributed by atoms with Crippen LogP contribution in [0.4, 0.5) is 26.3 Å². The lowest BCUT2D eigenvalue weighted by Crippen LogP contribution is -2.70. The molecule has 2 amide bonds. The van der Waals surface area contributed by atoms with Crippen LogP contribution in [-0.4, -0.2) is 97.1 Å². The number of carbonyl (C=O) groups excluding carboxylic acids is 2. The number of hydrogen-bond donors (Lipinski definition) is 5. The first kappa shape index (κ1) is 30.3. The van der Waals surface area contributed by atoms with E-state index in [1.54, 1.807) is 0 Å². The fourth-order valence-corrected chi connectivity index (χ4v) is 6.20. The van der Waals surface area contributed by atoms with Gasteiger partial charge in [-0.1, -0.05) is 0 Å². The highest BCUT2D eigenvalue weighted by molar-refractivity contribution is 5.79. The van der Waals surface area contributed by atoms with Crippen LogP contribution >= 0.6 is 0 Å². The maximum atomic E-state index is 12.8. The predicted molar refractivity (Wildman–Crippen MR) is 124 cm³/mol. The number of alkyl halides is 6. The van der Waals surface area contributed by atoms with Crippen LogP contribution in [0.1, 0.15) is 57.8 Å². The third kappa shape index (κ3) is 7.54. The fraction of sp³-hybridized carbons (Fsp3) is 0.917. The largest absolute Gasteiger partial charge is 0.403 e. The second-order valence-electron chi connectivity index (χ2n) is 11.3. The number of amides is 2. The molecule has 3 aliphatic carbocycles. The van der Waals surface area contributed by atoms with Crippen LogP contribution in [0.25, 0.3) is 0 Å². The third-order valence-corrected chi connectivity index (χ3v) is 8.54. The topological polar surface area (TPSA) is 121 Å². The van der Waals surface area contributed by atoms with Gasteiger partial charge in [-0.05, 0) is 57.8 Å². The minimum Gasteiger partial charge on any atom is -0.391 e. The van der Waals surface area contributed by atoms with E-state index < -0.39 is 65.6 Å². The molecule has 2 aliphatic heterocycles. The van der Waals surface area contributed by atoms with Crippen molar-refractivity contribution >= 4 is 11.8 Å². The van der Waals surface area contributed by atoms with Gasteiger partial charge in [-0.25, -0.2) is 0 Å². The quantitative estimate of drug-likeness (QED) is 0.278. The molecule has 0 aromatic heterocycles. The Balaban J connectivity index is 1.17.